The second kappa shape index (κ2) is 7.99. The van der Waals surface area contributed by atoms with Gasteiger partial charge < -0.3 is 20.0 Å². The normalized spacial score (nSPS) is 25.5. The van der Waals surface area contributed by atoms with Crippen LogP contribution in [0, 0.1) is 17.7 Å². The van der Waals surface area contributed by atoms with Crippen LogP contribution in [0.4, 0.5) is 4.39 Å². The van der Waals surface area contributed by atoms with E-state index in [0.717, 1.165) is 32.5 Å². The molecule has 2 heterocycles. The summed E-state index contributed by atoms with van der Waals surface area (Å²) in [7, 11) is 0. The number of amides is 1. The number of carbonyl (C=O) groups is 1. The summed E-state index contributed by atoms with van der Waals surface area (Å²) in [5.41, 5.74) is -0.0948. The number of likely N-dealkylation sites (tertiary alicyclic amines) is 2. The predicted molar refractivity (Wildman–Crippen MR) is 93.1 cm³/mol. The lowest BCUT2D eigenvalue weighted by molar-refractivity contribution is 0.0678. The van der Waals surface area contributed by atoms with Crippen LogP contribution in [0.15, 0.2) is 18.2 Å². The zero-order valence-electron chi connectivity index (χ0n) is 14.1. The predicted octanol–water partition coefficient (Wildman–Crippen LogP) is 1.62. The van der Waals surface area contributed by atoms with Crippen LogP contribution in [0.2, 0.25) is 5.02 Å². The van der Waals surface area contributed by atoms with Gasteiger partial charge in [0.25, 0.3) is 5.91 Å². The summed E-state index contributed by atoms with van der Waals surface area (Å²) in [6, 6.07) is 4.21. The van der Waals surface area contributed by atoms with E-state index in [0.29, 0.717) is 13.1 Å². The first-order valence-corrected chi connectivity index (χ1v) is 9.12. The summed E-state index contributed by atoms with van der Waals surface area (Å²) < 4.78 is 14.0. The van der Waals surface area contributed by atoms with Crippen LogP contribution >= 0.6 is 11.6 Å². The van der Waals surface area contributed by atoms with Gasteiger partial charge in [0.15, 0.2) is 0 Å². The number of aliphatic hydroxyl groups excluding tert-OH is 2. The van der Waals surface area contributed by atoms with E-state index in [9.17, 15) is 19.4 Å². The number of nitrogens with zero attached hydrogens (tertiary/aromatic N) is 2. The second-order valence-corrected chi connectivity index (χ2v) is 7.45. The zero-order chi connectivity index (χ0) is 18.0. The standard InChI is InChI=1S/C18H24ClFN2O3/c19-15-2-1-3-16(20)17(15)18(25)22-9-12(13(10-22)11-23)8-21-6-4-14(24)5-7-21/h1-3,12-14,23-24H,4-11H2/t12-,13-/m1/s1. The van der Waals surface area contributed by atoms with Gasteiger partial charge in [-0.3, -0.25) is 4.79 Å². The summed E-state index contributed by atoms with van der Waals surface area (Å²) in [6.45, 7) is 3.29. The third kappa shape index (κ3) is 4.14. The summed E-state index contributed by atoms with van der Waals surface area (Å²) in [4.78, 5) is 16.6. The number of rotatable bonds is 4. The van der Waals surface area contributed by atoms with Crippen LogP contribution in [0.1, 0.15) is 23.2 Å². The van der Waals surface area contributed by atoms with Crippen molar-refractivity contribution in [2.24, 2.45) is 11.8 Å². The van der Waals surface area contributed by atoms with Gasteiger partial charge in [0.2, 0.25) is 0 Å². The minimum absolute atomic E-state index is 0.00405. The number of halogens is 2. The molecular weight excluding hydrogens is 347 g/mol. The minimum atomic E-state index is -0.619. The molecule has 5 nitrogen and oxygen atoms in total. The molecule has 1 aromatic carbocycles. The fraction of sp³-hybridized carbons (Fsp3) is 0.611. The Morgan fingerprint density at radius 1 is 1.24 bits per heavy atom. The molecule has 3 rings (SSSR count). The Morgan fingerprint density at radius 2 is 1.92 bits per heavy atom. The first-order chi connectivity index (χ1) is 12.0. The SMILES string of the molecule is O=C(c1c(F)cccc1Cl)N1C[C@@H](CN2CCC(O)CC2)[C@@H](CO)C1. The molecule has 0 unspecified atom stereocenters. The molecule has 2 N–H and O–H groups in total. The van der Waals surface area contributed by atoms with Crippen molar-refractivity contribution in [2.75, 3.05) is 39.3 Å². The quantitative estimate of drug-likeness (QED) is 0.845. The molecule has 2 aliphatic heterocycles. The van der Waals surface area contributed by atoms with Crippen LogP contribution in [-0.4, -0.2) is 71.4 Å². The van der Waals surface area contributed by atoms with Gasteiger partial charge in [-0.1, -0.05) is 17.7 Å². The summed E-state index contributed by atoms with van der Waals surface area (Å²) in [6.07, 6.45) is 1.28. The van der Waals surface area contributed by atoms with Gasteiger partial charge in [-0.2, -0.15) is 0 Å². The van der Waals surface area contributed by atoms with Crippen LogP contribution in [-0.2, 0) is 0 Å². The van der Waals surface area contributed by atoms with Crippen molar-refractivity contribution in [1.29, 1.82) is 0 Å². The van der Waals surface area contributed by atoms with E-state index in [-0.39, 0.29) is 35.1 Å². The highest BCUT2D eigenvalue weighted by Gasteiger charge is 2.37. The van der Waals surface area contributed by atoms with Crippen LogP contribution < -0.4 is 0 Å². The van der Waals surface area contributed by atoms with Crippen LogP contribution in [0.5, 0.6) is 0 Å². The van der Waals surface area contributed by atoms with E-state index in [1.165, 1.54) is 18.2 Å². The van der Waals surface area contributed by atoms with Crippen molar-refractivity contribution in [3.8, 4) is 0 Å². The van der Waals surface area contributed by atoms with Gasteiger partial charge in [0.05, 0.1) is 16.7 Å². The lowest BCUT2D eigenvalue weighted by Crippen LogP contribution is -2.40. The molecule has 0 aromatic heterocycles. The molecule has 25 heavy (non-hydrogen) atoms. The molecule has 2 fully saturated rings. The molecule has 0 bridgehead atoms. The van der Waals surface area contributed by atoms with Crippen molar-refractivity contribution in [2.45, 2.75) is 18.9 Å². The van der Waals surface area contributed by atoms with E-state index in [4.69, 9.17) is 11.6 Å². The maximum absolute atomic E-state index is 14.0. The van der Waals surface area contributed by atoms with Gasteiger partial charge in [0, 0.05) is 45.2 Å². The van der Waals surface area contributed by atoms with Gasteiger partial charge in [-0.05, 0) is 30.9 Å². The lowest BCUT2D eigenvalue weighted by Gasteiger charge is -2.32. The first-order valence-electron chi connectivity index (χ1n) is 8.74. The molecule has 0 aliphatic carbocycles. The topological polar surface area (TPSA) is 64.0 Å². The van der Waals surface area contributed by atoms with Crippen molar-refractivity contribution in [1.82, 2.24) is 9.80 Å². The lowest BCUT2D eigenvalue weighted by atomic mass is 9.95. The Morgan fingerprint density at radius 3 is 2.56 bits per heavy atom. The average molecular weight is 371 g/mol. The van der Waals surface area contributed by atoms with Crippen molar-refractivity contribution in [3.05, 3.63) is 34.6 Å². The van der Waals surface area contributed by atoms with E-state index in [1.54, 1.807) is 4.90 Å². The largest absolute Gasteiger partial charge is 0.396 e. The molecule has 7 heteroatoms. The van der Waals surface area contributed by atoms with Crippen LogP contribution in [0.3, 0.4) is 0 Å². The summed E-state index contributed by atoms with van der Waals surface area (Å²) >= 11 is 6.01. The number of carbonyl (C=O) groups excluding carboxylic acids is 1. The fourth-order valence-electron chi connectivity index (χ4n) is 3.81. The zero-order valence-corrected chi connectivity index (χ0v) is 14.8. The van der Waals surface area contributed by atoms with Crippen molar-refractivity contribution in [3.63, 3.8) is 0 Å². The number of hydrogen-bond donors (Lipinski definition) is 2. The smallest absolute Gasteiger partial charge is 0.258 e. The Hall–Kier alpha value is -1.21. The molecule has 138 valence electrons. The summed E-state index contributed by atoms with van der Waals surface area (Å²) in [5.74, 6) is -0.930. The van der Waals surface area contributed by atoms with E-state index in [1.807, 2.05) is 0 Å². The maximum atomic E-state index is 14.0. The van der Waals surface area contributed by atoms with E-state index < -0.39 is 11.7 Å². The molecule has 1 aromatic rings. The van der Waals surface area contributed by atoms with E-state index >= 15 is 0 Å². The Labute approximate surface area is 152 Å². The van der Waals surface area contributed by atoms with Crippen LogP contribution in [0.25, 0.3) is 0 Å². The second-order valence-electron chi connectivity index (χ2n) is 7.04. The van der Waals surface area contributed by atoms with Gasteiger partial charge >= 0.3 is 0 Å². The third-order valence-electron chi connectivity index (χ3n) is 5.32. The van der Waals surface area contributed by atoms with Gasteiger partial charge in [-0.15, -0.1) is 0 Å². The average Bonchev–Trinajstić information content (AvgIpc) is 2.99. The number of hydrogen-bond acceptors (Lipinski definition) is 4. The molecule has 0 saturated carbocycles. The summed E-state index contributed by atoms with van der Waals surface area (Å²) in [5, 5.41) is 19.4. The number of benzene rings is 1. The van der Waals surface area contributed by atoms with Crippen molar-refractivity contribution < 1.29 is 19.4 Å². The molecule has 2 aliphatic rings. The highest BCUT2D eigenvalue weighted by atomic mass is 35.5. The van der Waals surface area contributed by atoms with Gasteiger partial charge in [0.1, 0.15) is 5.82 Å². The molecule has 0 radical (unpaired) electrons. The molecular formula is C18H24ClFN2O3. The fourth-order valence-corrected chi connectivity index (χ4v) is 4.06. The first kappa shape index (κ1) is 18.6. The van der Waals surface area contributed by atoms with E-state index in [2.05, 4.69) is 4.90 Å². The van der Waals surface area contributed by atoms with Gasteiger partial charge in [-0.25, -0.2) is 4.39 Å². The molecule has 1 amide bonds. The monoisotopic (exact) mass is 370 g/mol. The Balaban J connectivity index is 1.67. The molecule has 2 atom stereocenters. The molecule has 0 spiro atoms. The number of aliphatic hydroxyl groups is 2. The highest BCUT2D eigenvalue weighted by molar-refractivity contribution is 6.33. The number of piperidine rings is 1. The minimum Gasteiger partial charge on any atom is -0.396 e. The Bertz CT molecular complexity index is 602. The van der Waals surface area contributed by atoms with Crippen molar-refractivity contribution >= 4 is 17.5 Å². The third-order valence-corrected chi connectivity index (χ3v) is 5.64. The maximum Gasteiger partial charge on any atom is 0.258 e. The highest BCUT2D eigenvalue weighted by Crippen LogP contribution is 2.29. The Kier molecular flexibility index (Phi) is 5.94. The molecule has 2 saturated heterocycles.